The number of nitrogen functional groups attached to an aromatic ring is 2. The molecule has 2 aromatic carbocycles. The highest BCUT2D eigenvalue weighted by molar-refractivity contribution is 7.80. The topological polar surface area (TPSA) is 200 Å². The number of ether oxygens (including phenoxy) is 2. The van der Waals surface area contributed by atoms with Crippen LogP contribution in [0.15, 0.2) is 40.8 Å². The summed E-state index contributed by atoms with van der Waals surface area (Å²) in [6.07, 6.45) is -1.77. The average Bonchev–Trinajstić information content (AvgIpc) is 3.83. The molecule has 2 fully saturated rings. The summed E-state index contributed by atoms with van der Waals surface area (Å²) in [6.45, 7) is 4.92. The second-order valence-corrected chi connectivity index (χ2v) is 12.6. The van der Waals surface area contributed by atoms with E-state index in [1.54, 1.807) is 32.0 Å². The number of aromatic nitrogens is 4. The quantitative estimate of drug-likeness (QED) is 0.156. The highest BCUT2D eigenvalue weighted by Crippen LogP contribution is 2.32. The molecule has 276 valence electrons. The number of halogens is 2. The lowest BCUT2D eigenvalue weighted by Gasteiger charge is -2.14. The number of rotatable bonds is 8. The highest BCUT2D eigenvalue weighted by Gasteiger charge is 2.34. The van der Waals surface area contributed by atoms with Crippen molar-refractivity contribution >= 4 is 80.5 Å². The molecule has 2 amide bonds. The molecule has 2 aromatic heterocycles. The molecule has 4 heterocycles. The van der Waals surface area contributed by atoms with Gasteiger partial charge in [0, 0.05) is 5.56 Å². The summed E-state index contributed by atoms with van der Waals surface area (Å²) >= 11 is 10.9. The van der Waals surface area contributed by atoms with Gasteiger partial charge in [0.15, 0.2) is 5.01 Å². The zero-order chi connectivity index (χ0) is 34.5. The van der Waals surface area contributed by atoms with Gasteiger partial charge in [-0.3, -0.25) is 9.80 Å². The monoisotopic (exact) mass is 766 g/mol. The predicted molar refractivity (Wildman–Crippen MR) is 202 cm³/mol. The zero-order valence-electron chi connectivity index (χ0n) is 25.3. The van der Waals surface area contributed by atoms with Gasteiger partial charge in [-0.05, 0) is 50.2 Å². The van der Waals surface area contributed by atoms with Crippen molar-refractivity contribution in [2.24, 2.45) is 0 Å². The Hall–Kier alpha value is -5.08. The fourth-order valence-corrected chi connectivity index (χ4v) is 5.37. The third-order valence-corrected chi connectivity index (χ3v) is 7.85. The molecule has 6 rings (SSSR count). The van der Waals surface area contributed by atoms with Crippen molar-refractivity contribution in [3.05, 3.63) is 48.0 Å². The number of anilines is 4. The molecule has 4 aromatic rings. The van der Waals surface area contributed by atoms with Crippen LogP contribution in [-0.2, 0) is 9.47 Å². The number of thiocarbonyl (C=S) groups is 2. The number of hydrogen-bond donors (Lipinski definition) is 4. The van der Waals surface area contributed by atoms with E-state index in [-0.39, 0.29) is 62.7 Å². The van der Waals surface area contributed by atoms with Crippen molar-refractivity contribution in [3.8, 4) is 22.0 Å². The van der Waals surface area contributed by atoms with Crippen LogP contribution in [0.1, 0.15) is 36.1 Å². The van der Waals surface area contributed by atoms with Crippen LogP contribution in [0.25, 0.3) is 22.0 Å². The number of benzene rings is 2. The minimum Gasteiger partial charge on any atom is -0.442 e. The molecular formula is C31H40F2N10O5S3. The fourth-order valence-electron chi connectivity index (χ4n) is 4.57. The molecule has 2 aliphatic heterocycles. The van der Waals surface area contributed by atoms with Crippen molar-refractivity contribution in [2.75, 3.05) is 47.4 Å². The summed E-state index contributed by atoms with van der Waals surface area (Å²) in [5.41, 5.74) is 12.0. The van der Waals surface area contributed by atoms with Crippen LogP contribution in [0, 0.1) is 11.6 Å². The van der Waals surface area contributed by atoms with E-state index >= 15 is 0 Å². The SMILES string of the molecule is C.C.C.CC(=S)NC[C@H]1CN(c2ccc(-c3nnc(N)o3)c(F)c2)C(=O)O1.CC(=S)NC[C@H]1CN(c2ccc(-c3nnc(N)s3)c(F)c2)C(=O)O1. The summed E-state index contributed by atoms with van der Waals surface area (Å²) in [5.74, 6) is -1.15. The van der Waals surface area contributed by atoms with Gasteiger partial charge < -0.3 is 36.0 Å². The first kappa shape index (κ1) is 42.1. The Balaban J connectivity index is 0.000000334. The molecule has 0 spiro atoms. The Kier molecular flexibility index (Phi) is 15.1. The van der Waals surface area contributed by atoms with Gasteiger partial charge >= 0.3 is 18.2 Å². The molecule has 6 N–H and O–H groups in total. The average molecular weight is 767 g/mol. The molecule has 51 heavy (non-hydrogen) atoms. The summed E-state index contributed by atoms with van der Waals surface area (Å²) in [4.78, 5) is 27.9. The van der Waals surface area contributed by atoms with Crippen molar-refractivity contribution in [2.45, 2.75) is 48.3 Å². The van der Waals surface area contributed by atoms with Gasteiger partial charge in [0.2, 0.25) is 5.13 Å². The molecule has 2 atom stereocenters. The van der Waals surface area contributed by atoms with E-state index in [0.29, 0.717) is 52.5 Å². The number of nitrogens with one attached hydrogen (secondary N) is 2. The Morgan fingerprint density at radius 2 is 1.31 bits per heavy atom. The molecule has 0 bridgehead atoms. The van der Waals surface area contributed by atoms with Gasteiger partial charge in [-0.25, -0.2) is 18.4 Å². The summed E-state index contributed by atoms with van der Waals surface area (Å²) < 4.78 is 44.1. The number of carbonyl (C=O) groups is 2. The summed E-state index contributed by atoms with van der Waals surface area (Å²) in [6, 6.07) is 8.52. The number of amides is 2. The van der Waals surface area contributed by atoms with Crippen molar-refractivity contribution < 1.29 is 32.3 Å². The lowest BCUT2D eigenvalue weighted by molar-refractivity contribution is 0.142. The Labute approximate surface area is 308 Å². The molecule has 0 unspecified atom stereocenters. The van der Waals surface area contributed by atoms with Crippen LogP contribution in [0.5, 0.6) is 0 Å². The van der Waals surface area contributed by atoms with Gasteiger partial charge in [0.25, 0.3) is 5.89 Å². The highest BCUT2D eigenvalue weighted by atomic mass is 32.1. The maximum absolute atomic E-state index is 14.4. The molecule has 2 aliphatic rings. The second-order valence-electron chi connectivity index (χ2n) is 10.3. The maximum Gasteiger partial charge on any atom is 0.414 e. The van der Waals surface area contributed by atoms with Crippen LogP contribution >= 0.6 is 35.8 Å². The normalized spacial score (nSPS) is 16.0. The lowest BCUT2D eigenvalue weighted by atomic mass is 10.1. The fraction of sp³-hybridized carbons (Fsp3) is 0.355. The first-order valence-electron chi connectivity index (χ1n) is 14.1. The zero-order valence-corrected chi connectivity index (χ0v) is 27.8. The van der Waals surface area contributed by atoms with Gasteiger partial charge in [-0.2, -0.15) is 0 Å². The summed E-state index contributed by atoms with van der Waals surface area (Å²) in [5, 5.41) is 21.1. The number of cyclic esters (lactones) is 2. The smallest absolute Gasteiger partial charge is 0.414 e. The summed E-state index contributed by atoms with van der Waals surface area (Å²) in [7, 11) is 0. The molecule has 2 saturated heterocycles. The predicted octanol–water partition coefficient (Wildman–Crippen LogP) is 5.82. The number of nitrogens with two attached hydrogens (primary N) is 2. The third-order valence-electron chi connectivity index (χ3n) is 6.78. The van der Waals surface area contributed by atoms with Crippen LogP contribution in [0.2, 0.25) is 0 Å². The Morgan fingerprint density at radius 3 is 1.71 bits per heavy atom. The largest absolute Gasteiger partial charge is 0.442 e. The van der Waals surface area contributed by atoms with E-state index in [2.05, 4.69) is 31.0 Å². The van der Waals surface area contributed by atoms with Crippen molar-refractivity contribution in [3.63, 3.8) is 0 Å². The molecule has 0 radical (unpaired) electrons. The van der Waals surface area contributed by atoms with Crippen molar-refractivity contribution in [1.82, 2.24) is 31.0 Å². The molecule has 20 heteroatoms. The van der Waals surface area contributed by atoms with Gasteiger partial charge in [0.05, 0.1) is 53.1 Å². The second kappa shape index (κ2) is 18.2. The van der Waals surface area contributed by atoms with E-state index in [9.17, 15) is 18.4 Å². The standard InChI is InChI=1S/C14H14FN5O3S.C14H14FN5O2S2.3CH4/c1-7(24)17-5-9-6-20(14(21)22-9)8-2-3-10(11(15)4-8)12-18-19-13(16)23-12;1-7(23)17-5-9-6-20(14(21)22-9)8-2-3-10(11(15)4-8)12-18-19-13(16)24-12;;;/h2-4,9H,5-6H2,1H3,(H2,16,19)(H,17,24);2-4,9H,5-6H2,1H3,(H2,16,19)(H,17,23);3*1H4/t2*9-;;;/m00.../s1. The van der Waals surface area contributed by atoms with E-state index in [0.717, 1.165) is 11.3 Å². The van der Waals surface area contributed by atoms with E-state index in [4.69, 9.17) is 49.8 Å². The van der Waals surface area contributed by atoms with Crippen LogP contribution < -0.4 is 31.9 Å². The van der Waals surface area contributed by atoms with Crippen LogP contribution in [-0.4, -0.2) is 80.9 Å². The van der Waals surface area contributed by atoms with Gasteiger partial charge in [-0.1, -0.05) is 63.2 Å². The Morgan fingerprint density at radius 1 is 0.824 bits per heavy atom. The van der Waals surface area contributed by atoms with E-state index in [1.807, 2.05) is 0 Å². The minimum absolute atomic E-state index is 0. The Bertz CT molecular complexity index is 1730. The third kappa shape index (κ3) is 10.5. The van der Waals surface area contributed by atoms with E-state index < -0.39 is 23.8 Å². The minimum atomic E-state index is -0.611. The number of nitrogens with zero attached hydrogens (tertiary/aromatic N) is 6. The molecule has 0 saturated carbocycles. The number of hydrogen-bond acceptors (Lipinski definition) is 14. The maximum atomic E-state index is 14.4. The number of carbonyl (C=O) groups excluding carboxylic acids is 2. The molecular weight excluding hydrogens is 727 g/mol. The first-order valence-corrected chi connectivity index (χ1v) is 15.7. The molecule has 0 aliphatic carbocycles. The van der Waals surface area contributed by atoms with Gasteiger partial charge in [0.1, 0.15) is 23.8 Å². The van der Waals surface area contributed by atoms with Crippen LogP contribution in [0.3, 0.4) is 0 Å². The van der Waals surface area contributed by atoms with Crippen molar-refractivity contribution in [1.29, 1.82) is 0 Å². The molecule has 15 nitrogen and oxygen atoms in total. The van der Waals surface area contributed by atoms with Crippen LogP contribution in [0.4, 0.5) is 40.9 Å². The first-order chi connectivity index (χ1) is 22.9. The van der Waals surface area contributed by atoms with E-state index in [1.165, 1.54) is 28.0 Å². The lowest BCUT2D eigenvalue weighted by Crippen LogP contribution is -2.32. The van der Waals surface area contributed by atoms with Gasteiger partial charge in [-0.15, -0.1) is 15.3 Å².